The average Bonchev–Trinajstić information content (AvgIpc) is 2.66. The molecule has 24 heavy (non-hydrogen) atoms. The van der Waals surface area contributed by atoms with Crippen LogP contribution in [0, 0.1) is 5.92 Å². The molecule has 1 aliphatic heterocycles. The van der Waals surface area contributed by atoms with Crippen molar-refractivity contribution in [2.75, 3.05) is 19.7 Å². The number of rotatable bonds is 6. The van der Waals surface area contributed by atoms with Gasteiger partial charge in [-0.25, -0.2) is 0 Å². The molecule has 126 valence electrons. The molecule has 1 heterocycles. The fourth-order valence-corrected chi connectivity index (χ4v) is 3.13. The molecule has 0 N–H and O–H groups in total. The molecule has 2 aromatic rings. The Bertz CT molecular complexity index is 619. The van der Waals surface area contributed by atoms with E-state index in [1.165, 1.54) is 5.56 Å². The first kappa shape index (κ1) is 16.6. The molecule has 1 aliphatic rings. The Balaban J connectivity index is 1.37. The summed E-state index contributed by atoms with van der Waals surface area (Å²) in [5.41, 5.74) is 1.23. The van der Waals surface area contributed by atoms with Gasteiger partial charge in [0.25, 0.3) is 0 Å². The maximum absolute atomic E-state index is 12.4. The lowest BCUT2D eigenvalue weighted by Gasteiger charge is -2.32. The summed E-state index contributed by atoms with van der Waals surface area (Å²) >= 11 is 0. The van der Waals surface area contributed by atoms with Gasteiger partial charge in [-0.05, 0) is 42.9 Å². The average molecular weight is 323 g/mol. The SMILES string of the molecule is O=C(CCc1ccccc1)N1CCC(COc2ccccc2)CC1. The molecule has 0 spiro atoms. The Hall–Kier alpha value is -2.29. The highest BCUT2D eigenvalue weighted by Gasteiger charge is 2.22. The highest BCUT2D eigenvalue weighted by molar-refractivity contribution is 5.76. The molecule has 0 saturated carbocycles. The van der Waals surface area contributed by atoms with Gasteiger partial charge in [0.2, 0.25) is 5.91 Å². The van der Waals surface area contributed by atoms with E-state index in [1.807, 2.05) is 53.4 Å². The number of aryl methyl sites for hydroxylation is 1. The van der Waals surface area contributed by atoms with Gasteiger partial charge in [0.1, 0.15) is 5.75 Å². The lowest BCUT2D eigenvalue weighted by Crippen LogP contribution is -2.39. The van der Waals surface area contributed by atoms with Crippen molar-refractivity contribution in [2.24, 2.45) is 5.92 Å². The van der Waals surface area contributed by atoms with Crippen molar-refractivity contribution in [3.63, 3.8) is 0 Å². The number of piperidine rings is 1. The smallest absolute Gasteiger partial charge is 0.222 e. The predicted octanol–water partition coefficient (Wildman–Crippen LogP) is 3.94. The third kappa shape index (κ3) is 4.85. The zero-order valence-corrected chi connectivity index (χ0v) is 14.1. The van der Waals surface area contributed by atoms with Crippen LogP contribution < -0.4 is 4.74 Å². The first-order valence-electron chi connectivity index (χ1n) is 8.81. The van der Waals surface area contributed by atoms with Crippen molar-refractivity contribution in [3.05, 3.63) is 66.2 Å². The topological polar surface area (TPSA) is 29.5 Å². The summed E-state index contributed by atoms with van der Waals surface area (Å²) in [6.07, 6.45) is 3.50. The van der Waals surface area contributed by atoms with Gasteiger partial charge in [-0.15, -0.1) is 0 Å². The maximum atomic E-state index is 12.4. The number of benzene rings is 2. The molecule has 0 unspecified atom stereocenters. The van der Waals surface area contributed by atoms with E-state index in [9.17, 15) is 4.79 Å². The molecular weight excluding hydrogens is 298 g/mol. The van der Waals surface area contributed by atoms with Crippen LogP contribution >= 0.6 is 0 Å². The monoisotopic (exact) mass is 323 g/mol. The first-order chi connectivity index (χ1) is 11.8. The lowest BCUT2D eigenvalue weighted by atomic mass is 9.97. The summed E-state index contributed by atoms with van der Waals surface area (Å²) in [5.74, 6) is 1.75. The summed E-state index contributed by atoms with van der Waals surface area (Å²) < 4.78 is 5.84. The van der Waals surface area contributed by atoms with Gasteiger partial charge in [0, 0.05) is 19.5 Å². The van der Waals surface area contributed by atoms with Crippen molar-refractivity contribution in [1.29, 1.82) is 0 Å². The van der Waals surface area contributed by atoms with Gasteiger partial charge >= 0.3 is 0 Å². The lowest BCUT2D eigenvalue weighted by molar-refractivity contribution is -0.132. The summed E-state index contributed by atoms with van der Waals surface area (Å²) in [4.78, 5) is 14.4. The van der Waals surface area contributed by atoms with E-state index in [2.05, 4.69) is 12.1 Å². The fraction of sp³-hybridized carbons (Fsp3) is 0.381. The van der Waals surface area contributed by atoms with Crippen LogP contribution in [0.25, 0.3) is 0 Å². The molecule has 0 aromatic heterocycles. The van der Waals surface area contributed by atoms with E-state index < -0.39 is 0 Å². The fourth-order valence-electron chi connectivity index (χ4n) is 3.13. The van der Waals surface area contributed by atoms with Gasteiger partial charge in [0.05, 0.1) is 6.61 Å². The molecule has 0 radical (unpaired) electrons. The van der Waals surface area contributed by atoms with Crippen LogP contribution in [0.5, 0.6) is 5.75 Å². The number of ether oxygens (including phenoxy) is 1. The number of hydrogen-bond acceptors (Lipinski definition) is 2. The minimum atomic E-state index is 0.279. The maximum Gasteiger partial charge on any atom is 0.222 e. The minimum absolute atomic E-state index is 0.279. The molecule has 3 rings (SSSR count). The van der Waals surface area contributed by atoms with Crippen LogP contribution in [0.2, 0.25) is 0 Å². The molecule has 3 nitrogen and oxygen atoms in total. The molecular formula is C21H25NO2. The predicted molar refractivity (Wildman–Crippen MR) is 96.0 cm³/mol. The highest BCUT2D eigenvalue weighted by Crippen LogP contribution is 2.20. The van der Waals surface area contributed by atoms with Crippen LogP contribution in [0.1, 0.15) is 24.8 Å². The minimum Gasteiger partial charge on any atom is -0.493 e. The Labute approximate surface area is 144 Å². The van der Waals surface area contributed by atoms with Gasteiger partial charge in [-0.2, -0.15) is 0 Å². The zero-order chi connectivity index (χ0) is 16.6. The van der Waals surface area contributed by atoms with Gasteiger partial charge < -0.3 is 9.64 Å². The number of carbonyl (C=O) groups is 1. The van der Waals surface area contributed by atoms with E-state index in [1.54, 1.807) is 0 Å². The molecule has 0 aliphatic carbocycles. The van der Waals surface area contributed by atoms with Crippen LogP contribution in [0.3, 0.4) is 0 Å². The molecule has 0 atom stereocenters. The second-order valence-electron chi connectivity index (χ2n) is 6.43. The molecule has 0 bridgehead atoms. The van der Waals surface area contributed by atoms with E-state index in [0.29, 0.717) is 12.3 Å². The first-order valence-corrected chi connectivity index (χ1v) is 8.81. The van der Waals surface area contributed by atoms with Gasteiger partial charge in [-0.3, -0.25) is 4.79 Å². The van der Waals surface area contributed by atoms with Crippen molar-refractivity contribution >= 4 is 5.91 Å². The largest absolute Gasteiger partial charge is 0.493 e. The molecule has 2 aromatic carbocycles. The number of amides is 1. The zero-order valence-electron chi connectivity index (χ0n) is 14.1. The molecule has 1 fully saturated rings. The number of nitrogens with zero attached hydrogens (tertiary/aromatic N) is 1. The van der Waals surface area contributed by atoms with Crippen molar-refractivity contribution in [2.45, 2.75) is 25.7 Å². The number of likely N-dealkylation sites (tertiary alicyclic amines) is 1. The number of carbonyl (C=O) groups excluding carboxylic acids is 1. The van der Waals surface area contributed by atoms with Gasteiger partial charge in [-0.1, -0.05) is 48.5 Å². The summed E-state index contributed by atoms with van der Waals surface area (Å²) in [5, 5.41) is 0. The molecule has 1 amide bonds. The Morgan fingerprint density at radius 1 is 0.958 bits per heavy atom. The van der Waals surface area contributed by atoms with Crippen molar-refractivity contribution in [3.8, 4) is 5.75 Å². The van der Waals surface area contributed by atoms with E-state index >= 15 is 0 Å². The summed E-state index contributed by atoms with van der Waals surface area (Å²) in [7, 11) is 0. The molecule has 1 saturated heterocycles. The summed E-state index contributed by atoms with van der Waals surface area (Å²) in [6.45, 7) is 2.46. The second-order valence-corrected chi connectivity index (χ2v) is 6.43. The van der Waals surface area contributed by atoms with E-state index in [-0.39, 0.29) is 5.91 Å². The number of hydrogen-bond donors (Lipinski definition) is 0. The Morgan fingerprint density at radius 2 is 1.58 bits per heavy atom. The van der Waals surface area contributed by atoms with Crippen LogP contribution in [-0.4, -0.2) is 30.5 Å². The molecule has 3 heteroatoms. The highest BCUT2D eigenvalue weighted by atomic mass is 16.5. The van der Waals surface area contributed by atoms with Crippen molar-refractivity contribution < 1.29 is 9.53 Å². The van der Waals surface area contributed by atoms with Crippen LogP contribution in [0.15, 0.2) is 60.7 Å². The third-order valence-corrected chi connectivity index (χ3v) is 4.67. The van der Waals surface area contributed by atoms with Crippen LogP contribution in [0.4, 0.5) is 0 Å². The number of para-hydroxylation sites is 1. The van der Waals surface area contributed by atoms with Crippen LogP contribution in [-0.2, 0) is 11.2 Å². The third-order valence-electron chi connectivity index (χ3n) is 4.67. The summed E-state index contributed by atoms with van der Waals surface area (Å²) in [6, 6.07) is 20.2. The second kappa shape index (κ2) is 8.53. The Morgan fingerprint density at radius 3 is 2.25 bits per heavy atom. The standard InChI is InChI=1S/C21H25NO2/c23-21(12-11-18-7-3-1-4-8-18)22-15-13-19(14-16-22)17-24-20-9-5-2-6-10-20/h1-10,19H,11-17H2. The Kier molecular flexibility index (Phi) is 5.89. The van der Waals surface area contributed by atoms with E-state index in [0.717, 1.165) is 44.7 Å². The van der Waals surface area contributed by atoms with Gasteiger partial charge in [0.15, 0.2) is 0 Å². The normalized spacial score (nSPS) is 15.2. The van der Waals surface area contributed by atoms with Crippen molar-refractivity contribution in [1.82, 2.24) is 4.90 Å². The van der Waals surface area contributed by atoms with E-state index in [4.69, 9.17) is 4.74 Å². The quantitative estimate of drug-likeness (QED) is 0.806.